The third-order valence-corrected chi connectivity index (χ3v) is 2.58. The monoisotopic (exact) mass is 191 g/mol. The second kappa shape index (κ2) is 3.33. The smallest absolute Gasteiger partial charge is 0.407 e. The van der Waals surface area contributed by atoms with Crippen LogP contribution in [0.4, 0.5) is 4.79 Å². The van der Waals surface area contributed by atoms with Gasteiger partial charge in [-0.1, -0.05) is 18.2 Å². The first-order chi connectivity index (χ1) is 6.66. The van der Waals surface area contributed by atoms with Gasteiger partial charge in [0.1, 0.15) is 6.10 Å². The van der Waals surface area contributed by atoms with Gasteiger partial charge in [0.05, 0.1) is 6.54 Å². The van der Waals surface area contributed by atoms with Crippen molar-refractivity contribution in [2.24, 2.45) is 0 Å². The van der Waals surface area contributed by atoms with E-state index in [1.807, 2.05) is 6.07 Å². The summed E-state index contributed by atoms with van der Waals surface area (Å²) in [6, 6.07) is 6.13. The highest BCUT2D eigenvalue weighted by molar-refractivity contribution is 5.69. The van der Waals surface area contributed by atoms with Gasteiger partial charge in [0.15, 0.2) is 0 Å². The van der Waals surface area contributed by atoms with Crippen molar-refractivity contribution < 1.29 is 9.53 Å². The summed E-state index contributed by atoms with van der Waals surface area (Å²) in [4.78, 5) is 10.8. The molecule has 1 N–H and O–H groups in total. The van der Waals surface area contributed by atoms with Gasteiger partial charge in [-0.25, -0.2) is 4.79 Å². The molecule has 1 fully saturated rings. The molecule has 1 atom stereocenters. The van der Waals surface area contributed by atoms with Crippen molar-refractivity contribution in [2.75, 3.05) is 6.54 Å². The maximum Gasteiger partial charge on any atom is 0.407 e. The Balaban J connectivity index is 2.24. The van der Waals surface area contributed by atoms with E-state index in [1.165, 1.54) is 11.1 Å². The number of rotatable bonds is 1. The summed E-state index contributed by atoms with van der Waals surface area (Å²) >= 11 is 0. The molecule has 0 bridgehead atoms. The minimum absolute atomic E-state index is 0.123. The number of carbonyl (C=O) groups excluding carboxylic acids is 1. The fourth-order valence-corrected chi connectivity index (χ4v) is 1.54. The van der Waals surface area contributed by atoms with Crippen LogP contribution in [0.1, 0.15) is 22.8 Å². The van der Waals surface area contributed by atoms with Gasteiger partial charge in [0.2, 0.25) is 0 Å². The lowest BCUT2D eigenvalue weighted by Crippen LogP contribution is -2.12. The molecule has 1 aromatic carbocycles. The fourth-order valence-electron chi connectivity index (χ4n) is 1.54. The first-order valence-electron chi connectivity index (χ1n) is 4.68. The van der Waals surface area contributed by atoms with Crippen molar-refractivity contribution in [1.29, 1.82) is 0 Å². The summed E-state index contributed by atoms with van der Waals surface area (Å²) in [7, 11) is 0. The summed E-state index contributed by atoms with van der Waals surface area (Å²) in [5.41, 5.74) is 3.54. The van der Waals surface area contributed by atoms with Crippen molar-refractivity contribution in [3.8, 4) is 0 Å². The summed E-state index contributed by atoms with van der Waals surface area (Å²) in [6.07, 6.45) is -0.449. The van der Waals surface area contributed by atoms with E-state index in [0.29, 0.717) is 6.54 Å². The summed E-state index contributed by atoms with van der Waals surface area (Å²) in [5.74, 6) is 0. The highest BCUT2D eigenvalue weighted by Crippen LogP contribution is 2.22. The zero-order valence-corrected chi connectivity index (χ0v) is 8.33. The van der Waals surface area contributed by atoms with Crippen LogP contribution in [-0.4, -0.2) is 12.6 Å². The molecule has 1 saturated heterocycles. The topological polar surface area (TPSA) is 38.3 Å². The molecule has 14 heavy (non-hydrogen) atoms. The van der Waals surface area contributed by atoms with Gasteiger partial charge in [0, 0.05) is 0 Å². The molecular weight excluding hydrogens is 178 g/mol. The molecule has 0 saturated carbocycles. The number of amides is 1. The highest BCUT2D eigenvalue weighted by atomic mass is 16.6. The number of nitrogens with one attached hydrogen (secondary N) is 1. The van der Waals surface area contributed by atoms with Gasteiger partial charge in [-0.15, -0.1) is 0 Å². The van der Waals surface area contributed by atoms with E-state index in [9.17, 15) is 4.79 Å². The maximum atomic E-state index is 10.8. The number of ether oxygens (including phenoxy) is 1. The predicted octanol–water partition coefficient (Wildman–Crippen LogP) is 2.08. The van der Waals surface area contributed by atoms with E-state index >= 15 is 0 Å². The molecule has 1 aliphatic rings. The molecule has 1 aromatic rings. The average Bonchev–Trinajstić information content (AvgIpc) is 2.57. The average molecular weight is 191 g/mol. The Bertz CT molecular complexity index is 374. The van der Waals surface area contributed by atoms with Gasteiger partial charge in [-0.05, 0) is 30.5 Å². The molecule has 3 nitrogen and oxygen atoms in total. The van der Waals surface area contributed by atoms with Crippen molar-refractivity contribution in [2.45, 2.75) is 20.0 Å². The quantitative estimate of drug-likeness (QED) is 0.738. The third kappa shape index (κ3) is 1.58. The SMILES string of the molecule is Cc1ccc([C@H]2CNC(=O)O2)cc1C. The highest BCUT2D eigenvalue weighted by Gasteiger charge is 2.23. The van der Waals surface area contributed by atoms with Crippen LogP contribution >= 0.6 is 0 Å². The van der Waals surface area contributed by atoms with E-state index in [2.05, 4.69) is 31.3 Å². The molecule has 0 aromatic heterocycles. The Morgan fingerprint density at radius 1 is 1.36 bits per heavy atom. The van der Waals surface area contributed by atoms with Gasteiger partial charge >= 0.3 is 6.09 Å². The van der Waals surface area contributed by atoms with Crippen LogP contribution in [0.15, 0.2) is 18.2 Å². The number of hydrogen-bond acceptors (Lipinski definition) is 2. The zero-order valence-electron chi connectivity index (χ0n) is 8.33. The molecule has 0 spiro atoms. The predicted molar refractivity (Wildman–Crippen MR) is 53.1 cm³/mol. The number of hydrogen-bond donors (Lipinski definition) is 1. The largest absolute Gasteiger partial charge is 0.439 e. The van der Waals surface area contributed by atoms with Crippen LogP contribution in [0.5, 0.6) is 0 Å². The van der Waals surface area contributed by atoms with E-state index < -0.39 is 0 Å². The first-order valence-corrected chi connectivity index (χ1v) is 4.68. The molecule has 1 amide bonds. The lowest BCUT2D eigenvalue weighted by Gasteiger charge is -2.09. The molecule has 0 aliphatic carbocycles. The fraction of sp³-hybridized carbons (Fsp3) is 0.364. The number of aryl methyl sites for hydroxylation is 2. The lowest BCUT2D eigenvalue weighted by atomic mass is 10.0. The van der Waals surface area contributed by atoms with Crippen LogP contribution in [0, 0.1) is 13.8 Å². The Kier molecular flexibility index (Phi) is 2.15. The van der Waals surface area contributed by atoms with Crippen molar-refractivity contribution in [3.05, 3.63) is 34.9 Å². The first kappa shape index (κ1) is 9.06. The van der Waals surface area contributed by atoms with Crippen molar-refractivity contribution >= 4 is 6.09 Å². The Morgan fingerprint density at radius 2 is 2.14 bits per heavy atom. The van der Waals surface area contributed by atoms with Crippen molar-refractivity contribution in [3.63, 3.8) is 0 Å². The Morgan fingerprint density at radius 3 is 2.71 bits per heavy atom. The second-order valence-corrected chi connectivity index (χ2v) is 3.62. The van der Waals surface area contributed by atoms with Crippen LogP contribution < -0.4 is 5.32 Å². The minimum atomic E-state index is -0.326. The summed E-state index contributed by atoms with van der Waals surface area (Å²) < 4.78 is 5.09. The molecular formula is C11H13NO2. The molecule has 0 radical (unpaired) electrons. The standard InChI is InChI=1S/C11H13NO2/c1-7-3-4-9(5-8(7)2)10-6-12-11(13)14-10/h3-5,10H,6H2,1-2H3,(H,12,13)/t10-/m1/s1. The molecule has 3 heteroatoms. The van der Waals surface area contributed by atoms with Crippen molar-refractivity contribution in [1.82, 2.24) is 5.32 Å². The molecule has 2 rings (SSSR count). The summed E-state index contributed by atoms with van der Waals surface area (Å²) in [6.45, 7) is 4.70. The van der Waals surface area contributed by atoms with E-state index in [-0.39, 0.29) is 12.2 Å². The molecule has 1 heterocycles. The lowest BCUT2D eigenvalue weighted by molar-refractivity contribution is 0.141. The molecule has 0 unspecified atom stereocenters. The number of benzene rings is 1. The van der Waals surface area contributed by atoms with Gasteiger partial charge in [-0.2, -0.15) is 0 Å². The van der Waals surface area contributed by atoms with Crippen LogP contribution in [0.25, 0.3) is 0 Å². The molecule has 1 aliphatic heterocycles. The number of cyclic esters (lactones) is 1. The van der Waals surface area contributed by atoms with Crippen LogP contribution in [-0.2, 0) is 4.74 Å². The minimum Gasteiger partial charge on any atom is -0.439 e. The van der Waals surface area contributed by atoms with Gasteiger partial charge < -0.3 is 10.1 Å². The zero-order chi connectivity index (χ0) is 10.1. The number of alkyl carbamates (subject to hydrolysis) is 1. The Hall–Kier alpha value is -1.51. The van der Waals surface area contributed by atoms with Crippen LogP contribution in [0.2, 0.25) is 0 Å². The van der Waals surface area contributed by atoms with Gasteiger partial charge in [0.25, 0.3) is 0 Å². The van der Waals surface area contributed by atoms with E-state index in [1.54, 1.807) is 0 Å². The molecule has 74 valence electrons. The maximum absolute atomic E-state index is 10.8. The normalized spacial score (nSPS) is 20.4. The Labute approximate surface area is 83.1 Å². The van der Waals surface area contributed by atoms with Crippen LogP contribution in [0.3, 0.4) is 0 Å². The van der Waals surface area contributed by atoms with E-state index in [0.717, 1.165) is 5.56 Å². The third-order valence-electron chi connectivity index (χ3n) is 2.58. The van der Waals surface area contributed by atoms with Gasteiger partial charge in [-0.3, -0.25) is 0 Å². The summed E-state index contributed by atoms with van der Waals surface area (Å²) in [5, 5.41) is 2.64. The second-order valence-electron chi connectivity index (χ2n) is 3.62. The van der Waals surface area contributed by atoms with E-state index in [4.69, 9.17) is 4.74 Å². The number of carbonyl (C=O) groups is 1.